The van der Waals surface area contributed by atoms with Crippen molar-refractivity contribution in [2.45, 2.75) is 64.2 Å². The molecular weight excluding hydrogens is 328 g/mol. The first-order chi connectivity index (χ1) is 12.5. The van der Waals surface area contributed by atoms with Crippen LogP contribution < -0.4 is 22.9 Å². The van der Waals surface area contributed by atoms with Crippen molar-refractivity contribution < 1.29 is 9.59 Å². The number of aryl methyl sites for hydroxylation is 1. The van der Waals surface area contributed by atoms with E-state index in [0.717, 1.165) is 75.3 Å². The van der Waals surface area contributed by atoms with Crippen molar-refractivity contribution in [1.82, 2.24) is 0 Å². The third kappa shape index (κ3) is 7.14. The maximum Gasteiger partial charge on any atom is 0.249 e. The first kappa shape index (κ1) is 22.1. The predicted octanol–water partition coefficient (Wildman–Crippen LogP) is 2.01. The van der Waals surface area contributed by atoms with Crippen LogP contribution >= 0.6 is 0 Å². The van der Waals surface area contributed by atoms with Crippen LogP contribution in [0.1, 0.15) is 83.2 Å². The van der Waals surface area contributed by atoms with Crippen LogP contribution in [0.5, 0.6) is 0 Å². The van der Waals surface area contributed by atoms with Gasteiger partial charge in [-0.05, 0) is 68.8 Å². The number of nitrogens with two attached hydrogens (primary N) is 4. The van der Waals surface area contributed by atoms with E-state index >= 15 is 0 Å². The number of carbonyl (C=O) groups is 2. The number of amides is 2. The lowest BCUT2D eigenvalue weighted by Crippen LogP contribution is -2.23. The van der Waals surface area contributed by atoms with E-state index in [-0.39, 0.29) is 5.56 Å². The van der Waals surface area contributed by atoms with E-state index in [1.165, 1.54) is 0 Å². The van der Waals surface area contributed by atoms with Gasteiger partial charge < -0.3 is 22.9 Å². The van der Waals surface area contributed by atoms with Crippen molar-refractivity contribution >= 4 is 11.8 Å². The van der Waals surface area contributed by atoms with E-state index in [1.54, 1.807) is 6.07 Å². The lowest BCUT2D eigenvalue weighted by Gasteiger charge is -2.16. The zero-order valence-corrected chi connectivity index (χ0v) is 15.8. The summed E-state index contributed by atoms with van der Waals surface area (Å²) in [7, 11) is 0. The number of rotatable bonds is 14. The molecule has 0 spiro atoms. The number of benzene rings is 1. The number of hydrogen-bond donors (Lipinski definition) is 4. The van der Waals surface area contributed by atoms with Gasteiger partial charge in [-0.15, -0.1) is 0 Å². The van der Waals surface area contributed by atoms with Gasteiger partial charge in [-0.25, -0.2) is 0 Å². The fourth-order valence-corrected chi connectivity index (χ4v) is 3.31. The summed E-state index contributed by atoms with van der Waals surface area (Å²) in [5.41, 5.74) is 24.6. The number of unbranched alkanes of at least 4 members (excludes halogenated alkanes) is 6. The summed E-state index contributed by atoms with van der Waals surface area (Å²) in [5, 5.41) is 0. The first-order valence-corrected chi connectivity index (χ1v) is 9.67. The Kier molecular flexibility index (Phi) is 10.6. The quantitative estimate of drug-likeness (QED) is 0.376. The average Bonchev–Trinajstić information content (AvgIpc) is 2.61. The van der Waals surface area contributed by atoms with Gasteiger partial charge in [0.25, 0.3) is 0 Å². The Morgan fingerprint density at radius 1 is 0.692 bits per heavy atom. The maximum absolute atomic E-state index is 12.0. The largest absolute Gasteiger partial charge is 0.366 e. The first-order valence-electron chi connectivity index (χ1n) is 9.67. The van der Waals surface area contributed by atoms with Crippen molar-refractivity contribution in [2.75, 3.05) is 13.1 Å². The molecule has 0 bridgehead atoms. The van der Waals surface area contributed by atoms with E-state index in [0.29, 0.717) is 18.7 Å². The molecule has 0 fully saturated rings. The zero-order valence-electron chi connectivity index (χ0n) is 15.8. The Balaban J connectivity index is 2.96. The second kappa shape index (κ2) is 12.4. The van der Waals surface area contributed by atoms with E-state index in [9.17, 15) is 9.59 Å². The van der Waals surface area contributed by atoms with Gasteiger partial charge in [-0.1, -0.05) is 31.7 Å². The van der Waals surface area contributed by atoms with Gasteiger partial charge in [0.2, 0.25) is 11.8 Å². The smallest absolute Gasteiger partial charge is 0.249 e. The van der Waals surface area contributed by atoms with E-state index < -0.39 is 11.8 Å². The molecule has 1 rings (SSSR count). The van der Waals surface area contributed by atoms with E-state index in [1.807, 2.05) is 6.07 Å². The standard InChI is InChI=1S/C20H34N4O2/c21-13-7-3-1-5-9-15-11-12-17(19(23)25)18(20(24)26)16(15)10-6-2-4-8-14-22/h11-12H,1-10,13-14,21-22H2,(H2,23,25)(H2,24,26). The Labute approximate surface area is 156 Å². The maximum atomic E-state index is 12.0. The molecule has 0 aliphatic heterocycles. The molecule has 0 aliphatic carbocycles. The van der Waals surface area contributed by atoms with Crippen LogP contribution in [0.2, 0.25) is 0 Å². The minimum Gasteiger partial charge on any atom is -0.366 e. The fraction of sp³-hybridized carbons (Fsp3) is 0.600. The highest BCUT2D eigenvalue weighted by molar-refractivity contribution is 6.07. The fourth-order valence-electron chi connectivity index (χ4n) is 3.31. The SMILES string of the molecule is NCCCCCCc1ccc(C(N)=O)c(C(N)=O)c1CCCCCCN. The molecule has 0 heterocycles. The van der Waals surface area contributed by atoms with E-state index in [2.05, 4.69) is 0 Å². The van der Waals surface area contributed by atoms with Crippen molar-refractivity contribution in [2.24, 2.45) is 22.9 Å². The molecule has 1 aromatic rings. The molecule has 0 aliphatic rings. The van der Waals surface area contributed by atoms with Gasteiger partial charge in [0.15, 0.2) is 0 Å². The van der Waals surface area contributed by atoms with Crippen molar-refractivity contribution in [3.63, 3.8) is 0 Å². The third-order valence-corrected chi connectivity index (χ3v) is 4.70. The second-order valence-electron chi connectivity index (χ2n) is 6.76. The molecule has 1 aromatic carbocycles. The Bertz CT molecular complexity index is 587. The van der Waals surface area contributed by atoms with Gasteiger partial charge >= 0.3 is 0 Å². The van der Waals surface area contributed by atoms with Crippen molar-refractivity contribution in [3.05, 3.63) is 34.4 Å². The highest BCUT2D eigenvalue weighted by Crippen LogP contribution is 2.24. The summed E-state index contributed by atoms with van der Waals surface area (Å²) in [6, 6.07) is 3.56. The van der Waals surface area contributed by atoms with E-state index in [4.69, 9.17) is 22.9 Å². The molecule has 26 heavy (non-hydrogen) atoms. The van der Waals surface area contributed by atoms with Crippen LogP contribution in [-0.2, 0) is 12.8 Å². The molecule has 0 saturated heterocycles. The highest BCUT2D eigenvalue weighted by atomic mass is 16.2. The van der Waals surface area contributed by atoms with Gasteiger partial charge in [0, 0.05) is 0 Å². The van der Waals surface area contributed by atoms with Gasteiger partial charge in [-0.2, -0.15) is 0 Å². The van der Waals surface area contributed by atoms with Crippen LogP contribution in [0.15, 0.2) is 12.1 Å². The zero-order chi connectivity index (χ0) is 19.4. The van der Waals surface area contributed by atoms with Gasteiger partial charge in [-0.3, -0.25) is 9.59 Å². The molecule has 6 heteroatoms. The van der Waals surface area contributed by atoms with Crippen molar-refractivity contribution in [1.29, 1.82) is 0 Å². The number of hydrogen-bond acceptors (Lipinski definition) is 4. The topological polar surface area (TPSA) is 138 Å². The van der Waals surface area contributed by atoms with Gasteiger partial charge in [0.05, 0.1) is 11.1 Å². The molecule has 0 unspecified atom stereocenters. The minimum absolute atomic E-state index is 0.223. The van der Waals surface area contributed by atoms with Crippen molar-refractivity contribution in [3.8, 4) is 0 Å². The summed E-state index contributed by atoms with van der Waals surface area (Å²) in [6.45, 7) is 1.41. The van der Waals surface area contributed by atoms with Crippen LogP contribution in [0.4, 0.5) is 0 Å². The third-order valence-electron chi connectivity index (χ3n) is 4.70. The molecule has 6 nitrogen and oxygen atoms in total. The molecule has 146 valence electrons. The van der Waals surface area contributed by atoms with Crippen LogP contribution in [-0.4, -0.2) is 24.9 Å². The molecule has 0 saturated carbocycles. The second-order valence-corrected chi connectivity index (χ2v) is 6.76. The molecule has 2 amide bonds. The lowest BCUT2D eigenvalue weighted by molar-refractivity contribution is 0.0966. The number of primary amides is 2. The summed E-state index contributed by atoms with van der Waals surface area (Å²) < 4.78 is 0. The predicted molar refractivity (Wildman–Crippen MR) is 106 cm³/mol. The average molecular weight is 363 g/mol. The Morgan fingerprint density at radius 2 is 1.23 bits per heavy atom. The monoisotopic (exact) mass is 362 g/mol. The Morgan fingerprint density at radius 3 is 1.73 bits per heavy atom. The summed E-state index contributed by atoms with van der Waals surface area (Å²) in [6.07, 6.45) is 9.86. The van der Waals surface area contributed by atoms with Gasteiger partial charge in [0.1, 0.15) is 0 Å². The summed E-state index contributed by atoms with van der Waals surface area (Å²) >= 11 is 0. The normalized spacial score (nSPS) is 10.8. The number of carbonyl (C=O) groups excluding carboxylic acids is 2. The highest BCUT2D eigenvalue weighted by Gasteiger charge is 2.20. The molecular formula is C20H34N4O2. The molecule has 0 aromatic heterocycles. The Hall–Kier alpha value is -1.92. The molecule has 8 N–H and O–H groups in total. The summed E-state index contributed by atoms with van der Waals surface area (Å²) in [5.74, 6) is -1.20. The van der Waals surface area contributed by atoms with Crippen LogP contribution in [0.3, 0.4) is 0 Å². The van der Waals surface area contributed by atoms with Crippen LogP contribution in [0, 0.1) is 0 Å². The lowest BCUT2D eigenvalue weighted by atomic mass is 9.89. The molecule has 0 radical (unpaired) electrons. The van der Waals surface area contributed by atoms with Crippen LogP contribution in [0.25, 0.3) is 0 Å². The minimum atomic E-state index is -0.613. The summed E-state index contributed by atoms with van der Waals surface area (Å²) in [4.78, 5) is 23.8. The molecule has 0 atom stereocenters.